The Morgan fingerprint density at radius 3 is 2.63 bits per heavy atom. The third kappa shape index (κ3) is 3.12. The summed E-state index contributed by atoms with van der Waals surface area (Å²) < 4.78 is 11.4. The van der Waals surface area contributed by atoms with E-state index >= 15 is 0 Å². The standard InChI is InChI=1S/C16H17NO2/c1-2-11-18-16(5-1)19-15-8-6-13(7-9-15)14-4-3-10-17-12-14/h3-4,6-10,12,16H,1-2,5,11H2. The molecule has 1 aromatic carbocycles. The van der Waals surface area contributed by atoms with Crippen molar-refractivity contribution in [3.05, 3.63) is 48.8 Å². The Labute approximate surface area is 113 Å². The lowest BCUT2D eigenvalue weighted by Crippen LogP contribution is -2.24. The predicted octanol–water partition coefficient (Wildman–Crippen LogP) is 3.65. The second-order valence-corrected chi connectivity index (χ2v) is 4.68. The van der Waals surface area contributed by atoms with E-state index in [9.17, 15) is 0 Å². The van der Waals surface area contributed by atoms with Crippen LogP contribution in [0.15, 0.2) is 48.8 Å². The highest BCUT2D eigenvalue weighted by molar-refractivity contribution is 5.62. The minimum absolute atomic E-state index is 0.0852. The maximum absolute atomic E-state index is 5.81. The maximum atomic E-state index is 5.81. The molecule has 0 bridgehead atoms. The molecule has 19 heavy (non-hydrogen) atoms. The minimum atomic E-state index is -0.0852. The molecule has 0 saturated carbocycles. The molecule has 2 aromatic rings. The summed E-state index contributed by atoms with van der Waals surface area (Å²) >= 11 is 0. The zero-order valence-corrected chi connectivity index (χ0v) is 10.8. The minimum Gasteiger partial charge on any atom is -0.465 e. The third-order valence-corrected chi connectivity index (χ3v) is 3.25. The molecule has 1 atom stereocenters. The highest BCUT2D eigenvalue weighted by Crippen LogP contribution is 2.23. The van der Waals surface area contributed by atoms with Crippen LogP contribution in [0.3, 0.4) is 0 Å². The summed E-state index contributed by atoms with van der Waals surface area (Å²) in [6.07, 6.45) is 6.85. The number of hydrogen-bond donors (Lipinski definition) is 0. The lowest BCUT2D eigenvalue weighted by molar-refractivity contribution is -0.105. The maximum Gasteiger partial charge on any atom is 0.199 e. The van der Waals surface area contributed by atoms with E-state index in [0.29, 0.717) is 0 Å². The van der Waals surface area contributed by atoms with Crippen molar-refractivity contribution in [3.8, 4) is 16.9 Å². The molecule has 2 heterocycles. The monoisotopic (exact) mass is 255 g/mol. The molecule has 0 aliphatic carbocycles. The molecule has 0 amide bonds. The van der Waals surface area contributed by atoms with Crippen molar-refractivity contribution in [2.24, 2.45) is 0 Å². The van der Waals surface area contributed by atoms with Gasteiger partial charge in [-0.1, -0.05) is 18.2 Å². The van der Waals surface area contributed by atoms with E-state index < -0.39 is 0 Å². The summed E-state index contributed by atoms with van der Waals surface area (Å²) in [5.41, 5.74) is 2.26. The van der Waals surface area contributed by atoms with Gasteiger partial charge in [-0.3, -0.25) is 4.98 Å². The molecule has 3 nitrogen and oxygen atoms in total. The fourth-order valence-electron chi connectivity index (χ4n) is 2.22. The fourth-order valence-corrected chi connectivity index (χ4v) is 2.22. The fraction of sp³-hybridized carbons (Fsp3) is 0.312. The van der Waals surface area contributed by atoms with E-state index in [1.165, 1.54) is 6.42 Å². The number of benzene rings is 1. The number of aromatic nitrogens is 1. The number of ether oxygens (including phenoxy) is 2. The quantitative estimate of drug-likeness (QED) is 0.838. The van der Waals surface area contributed by atoms with Crippen LogP contribution in [-0.4, -0.2) is 17.9 Å². The van der Waals surface area contributed by atoms with Crippen LogP contribution in [0, 0.1) is 0 Å². The third-order valence-electron chi connectivity index (χ3n) is 3.25. The average molecular weight is 255 g/mol. The Kier molecular flexibility index (Phi) is 3.75. The summed E-state index contributed by atoms with van der Waals surface area (Å²) in [5.74, 6) is 0.861. The normalized spacial score (nSPS) is 19.1. The van der Waals surface area contributed by atoms with Crippen LogP contribution in [0.5, 0.6) is 5.75 Å². The van der Waals surface area contributed by atoms with Crippen molar-refractivity contribution in [3.63, 3.8) is 0 Å². The number of pyridine rings is 1. The average Bonchev–Trinajstić information content (AvgIpc) is 2.50. The van der Waals surface area contributed by atoms with Gasteiger partial charge in [-0.2, -0.15) is 0 Å². The Morgan fingerprint density at radius 2 is 1.95 bits per heavy atom. The Morgan fingerprint density at radius 1 is 1.05 bits per heavy atom. The molecule has 1 unspecified atom stereocenters. The lowest BCUT2D eigenvalue weighted by Gasteiger charge is -2.23. The molecule has 1 aromatic heterocycles. The highest BCUT2D eigenvalue weighted by Gasteiger charge is 2.14. The zero-order valence-electron chi connectivity index (χ0n) is 10.8. The molecular weight excluding hydrogens is 238 g/mol. The van der Waals surface area contributed by atoms with E-state index in [1.807, 2.05) is 30.5 Å². The summed E-state index contributed by atoms with van der Waals surface area (Å²) in [6.45, 7) is 0.804. The van der Waals surface area contributed by atoms with Crippen molar-refractivity contribution in [2.45, 2.75) is 25.6 Å². The van der Waals surface area contributed by atoms with Crippen LogP contribution in [0.4, 0.5) is 0 Å². The number of rotatable bonds is 3. The van der Waals surface area contributed by atoms with Crippen LogP contribution in [0.2, 0.25) is 0 Å². The molecule has 1 fully saturated rings. The SMILES string of the molecule is c1cncc(-c2ccc(OC3CCCCO3)cc2)c1. The van der Waals surface area contributed by atoms with Gasteiger partial charge >= 0.3 is 0 Å². The highest BCUT2D eigenvalue weighted by atomic mass is 16.7. The Balaban J connectivity index is 1.68. The first-order chi connectivity index (χ1) is 9.42. The number of hydrogen-bond acceptors (Lipinski definition) is 3. The molecule has 1 aliphatic heterocycles. The Bertz CT molecular complexity index is 504. The van der Waals surface area contributed by atoms with Crippen molar-refractivity contribution < 1.29 is 9.47 Å². The van der Waals surface area contributed by atoms with Gasteiger partial charge < -0.3 is 9.47 Å². The van der Waals surface area contributed by atoms with Gasteiger partial charge in [-0.05, 0) is 42.2 Å². The molecule has 1 saturated heterocycles. The van der Waals surface area contributed by atoms with Gasteiger partial charge in [0.1, 0.15) is 5.75 Å². The van der Waals surface area contributed by atoms with Crippen molar-refractivity contribution >= 4 is 0 Å². The van der Waals surface area contributed by atoms with Gasteiger partial charge in [-0.15, -0.1) is 0 Å². The van der Waals surface area contributed by atoms with Crippen molar-refractivity contribution in [1.82, 2.24) is 4.98 Å². The molecule has 1 aliphatic rings. The lowest BCUT2D eigenvalue weighted by atomic mass is 10.1. The molecule has 3 heteroatoms. The second-order valence-electron chi connectivity index (χ2n) is 4.68. The van der Waals surface area contributed by atoms with Gasteiger partial charge in [0.15, 0.2) is 6.29 Å². The van der Waals surface area contributed by atoms with Gasteiger partial charge in [0.2, 0.25) is 0 Å². The summed E-state index contributed by atoms with van der Waals surface area (Å²) in [6, 6.07) is 12.1. The largest absolute Gasteiger partial charge is 0.465 e. The van der Waals surface area contributed by atoms with E-state index in [1.54, 1.807) is 6.20 Å². The van der Waals surface area contributed by atoms with E-state index in [0.717, 1.165) is 36.3 Å². The van der Waals surface area contributed by atoms with Gasteiger partial charge in [0.25, 0.3) is 0 Å². The van der Waals surface area contributed by atoms with E-state index in [2.05, 4.69) is 17.1 Å². The van der Waals surface area contributed by atoms with Crippen molar-refractivity contribution in [1.29, 1.82) is 0 Å². The molecular formula is C16H17NO2. The zero-order chi connectivity index (χ0) is 12.9. The van der Waals surface area contributed by atoms with Crippen LogP contribution < -0.4 is 4.74 Å². The topological polar surface area (TPSA) is 31.4 Å². The van der Waals surface area contributed by atoms with E-state index in [4.69, 9.17) is 9.47 Å². The molecule has 0 spiro atoms. The first-order valence-corrected chi connectivity index (χ1v) is 6.70. The second kappa shape index (κ2) is 5.85. The molecule has 98 valence electrons. The smallest absolute Gasteiger partial charge is 0.199 e. The molecule has 0 N–H and O–H groups in total. The first kappa shape index (κ1) is 12.2. The van der Waals surface area contributed by atoms with Gasteiger partial charge in [0, 0.05) is 18.8 Å². The van der Waals surface area contributed by atoms with Crippen LogP contribution in [-0.2, 0) is 4.74 Å². The first-order valence-electron chi connectivity index (χ1n) is 6.70. The van der Waals surface area contributed by atoms with Crippen molar-refractivity contribution in [2.75, 3.05) is 6.61 Å². The summed E-state index contributed by atoms with van der Waals surface area (Å²) in [5, 5.41) is 0. The predicted molar refractivity (Wildman–Crippen MR) is 73.9 cm³/mol. The summed E-state index contributed by atoms with van der Waals surface area (Å²) in [7, 11) is 0. The van der Waals surface area contributed by atoms with Crippen LogP contribution in [0.25, 0.3) is 11.1 Å². The van der Waals surface area contributed by atoms with Crippen LogP contribution in [0.1, 0.15) is 19.3 Å². The molecule has 3 rings (SSSR count). The van der Waals surface area contributed by atoms with E-state index in [-0.39, 0.29) is 6.29 Å². The molecule has 0 radical (unpaired) electrons. The van der Waals surface area contributed by atoms with Crippen LogP contribution >= 0.6 is 0 Å². The number of nitrogens with zero attached hydrogens (tertiary/aromatic N) is 1. The van der Waals surface area contributed by atoms with Gasteiger partial charge in [-0.25, -0.2) is 0 Å². The van der Waals surface area contributed by atoms with Gasteiger partial charge in [0.05, 0.1) is 6.61 Å². The summed E-state index contributed by atoms with van der Waals surface area (Å²) in [4.78, 5) is 4.13. The Hall–Kier alpha value is -1.87.